The fraction of sp³-hybridized carbons (Fsp3) is 0.304. The molecular weight excluding hydrogens is 334 g/mol. The van der Waals surface area contributed by atoms with Gasteiger partial charge in [0.05, 0.1) is 16.8 Å². The van der Waals surface area contributed by atoms with Crippen LogP contribution >= 0.6 is 0 Å². The van der Waals surface area contributed by atoms with Crippen LogP contribution in [-0.2, 0) is 0 Å². The Morgan fingerprint density at radius 3 is 2.52 bits per heavy atom. The summed E-state index contributed by atoms with van der Waals surface area (Å²) in [4.78, 5) is 20.1. The van der Waals surface area contributed by atoms with Crippen molar-refractivity contribution in [2.75, 3.05) is 19.6 Å². The van der Waals surface area contributed by atoms with Crippen molar-refractivity contribution in [1.29, 1.82) is 0 Å². The highest BCUT2D eigenvalue weighted by molar-refractivity contribution is 6.07. The van der Waals surface area contributed by atoms with Gasteiger partial charge >= 0.3 is 0 Å². The summed E-state index contributed by atoms with van der Waals surface area (Å²) in [5.41, 5.74) is 10.5. The molecule has 0 unspecified atom stereocenters. The van der Waals surface area contributed by atoms with Crippen LogP contribution in [0.15, 0.2) is 54.6 Å². The van der Waals surface area contributed by atoms with Gasteiger partial charge in [-0.3, -0.25) is 4.79 Å². The molecule has 4 nitrogen and oxygen atoms in total. The highest BCUT2D eigenvalue weighted by atomic mass is 16.2. The Morgan fingerprint density at radius 2 is 1.81 bits per heavy atom. The summed E-state index contributed by atoms with van der Waals surface area (Å²) in [7, 11) is 0. The van der Waals surface area contributed by atoms with Crippen LogP contribution in [0.25, 0.3) is 22.2 Å². The Hall–Kier alpha value is -2.72. The Labute approximate surface area is 160 Å². The molecule has 3 aromatic rings. The number of nitrogens with zero attached hydrogens (tertiary/aromatic N) is 2. The van der Waals surface area contributed by atoms with Crippen LogP contribution < -0.4 is 5.73 Å². The van der Waals surface area contributed by atoms with Crippen LogP contribution in [0.1, 0.15) is 28.8 Å². The molecule has 0 aliphatic carbocycles. The third-order valence-electron chi connectivity index (χ3n) is 5.53. The fourth-order valence-corrected chi connectivity index (χ4v) is 3.77. The van der Waals surface area contributed by atoms with Crippen molar-refractivity contribution >= 4 is 16.8 Å². The lowest BCUT2D eigenvalue weighted by Crippen LogP contribution is -2.40. The molecule has 2 aromatic carbocycles. The second-order valence-corrected chi connectivity index (χ2v) is 7.41. The van der Waals surface area contributed by atoms with E-state index < -0.39 is 0 Å². The van der Waals surface area contributed by atoms with Crippen molar-refractivity contribution in [3.05, 3.63) is 65.7 Å². The molecule has 0 radical (unpaired) electrons. The molecule has 4 heteroatoms. The number of pyridine rings is 1. The summed E-state index contributed by atoms with van der Waals surface area (Å²) in [6.45, 7) is 4.32. The Balaban J connectivity index is 1.74. The number of aromatic nitrogens is 1. The first kappa shape index (κ1) is 17.7. The van der Waals surface area contributed by atoms with Crippen LogP contribution in [0.4, 0.5) is 0 Å². The number of benzene rings is 2. The molecule has 138 valence electrons. The van der Waals surface area contributed by atoms with Crippen molar-refractivity contribution in [3.8, 4) is 11.3 Å². The van der Waals surface area contributed by atoms with Gasteiger partial charge in [0.15, 0.2) is 0 Å². The van der Waals surface area contributed by atoms with Gasteiger partial charge in [0.1, 0.15) is 0 Å². The van der Waals surface area contributed by atoms with Crippen LogP contribution in [-0.4, -0.2) is 35.4 Å². The van der Waals surface area contributed by atoms with Crippen molar-refractivity contribution in [3.63, 3.8) is 0 Å². The standard InChI is InChI=1S/C23H25N3O/c1-16-6-8-18(9-7-16)22-14-20(19-4-2-3-5-21(19)25-22)23(27)26-12-10-17(15-24)11-13-26/h2-9,14,17H,10-13,15,24H2,1H3. The van der Waals surface area contributed by atoms with Gasteiger partial charge in [-0.25, -0.2) is 4.98 Å². The van der Waals surface area contributed by atoms with E-state index in [1.165, 1.54) is 5.56 Å². The molecule has 2 N–H and O–H groups in total. The molecule has 1 aromatic heterocycles. The second kappa shape index (κ2) is 7.49. The molecular formula is C23H25N3O. The smallest absolute Gasteiger partial charge is 0.254 e. The number of carbonyl (C=O) groups excluding carboxylic acids is 1. The molecule has 27 heavy (non-hydrogen) atoms. The van der Waals surface area contributed by atoms with Crippen LogP contribution in [0.2, 0.25) is 0 Å². The van der Waals surface area contributed by atoms with E-state index in [1.54, 1.807) is 0 Å². The number of likely N-dealkylation sites (tertiary alicyclic amines) is 1. The predicted octanol–water partition coefficient (Wildman–Crippen LogP) is 4.02. The van der Waals surface area contributed by atoms with Gasteiger partial charge in [-0.2, -0.15) is 0 Å². The number of amides is 1. The normalized spacial score (nSPS) is 15.3. The maximum absolute atomic E-state index is 13.3. The number of hydrogen-bond donors (Lipinski definition) is 1. The van der Waals surface area contributed by atoms with E-state index in [2.05, 4.69) is 31.2 Å². The predicted molar refractivity (Wildman–Crippen MR) is 110 cm³/mol. The second-order valence-electron chi connectivity index (χ2n) is 7.41. The van der Waals surface area contributed by atoms with E-state index in [-0.39, 0.29) is 5.91 Å². The first-order valence-corrected chi connectivity index (χ1v) is 9.62. The van der Waals surface area contributed by atoms with Crippen molar-refractivity contribution in [2.24, 2.45) is 11.7 Å². The molecule has 1 saturated heterocycles. The van der Waals surface area contributed by atoms with E-state index in [9.17, 15) is 4.79 Å². The zero-order valence-electron chi connectivity index (χ0n) is 15.7. The van der Waals surface area contributed by atoms with Crippen LogP contribution in [0.5, 0.6) is 0 Å². The lowest BCUT2D eigenvalue weighted by atomic mass is 9.96. The molecule has 1 amide bonds. The van der Waals surface area contributed by atoms with E-state index in [4.69, 9.17) is 10.7 Å². The minimum absolute atomic E-state index is 0.0948. The molecule has 4 rings (SSSR count). The van der Waals surface area contributed by atoms with Crippen molar-refractivity contribution in [2.45, 2.75) is 19.8 Å². The van der Waals surface area contributed by atoms with Gasteiger partial charge < -0.3 is 10.6 Å². The SMILES string of the molecule is Cc1ccc(-c2cc(C(=O)N3CCC(CN)CC3)c3ccccc3n2)cc1. The number of carbonyl (C=O) groups is 1. The lowest BCUT2D eigenvalue weighted by Gasteiger charge is -2.31. The van der Waals surface area contributed by atoms with Gasteiger partial charge in [0, 0.05) is 24.0 Å². The maximum Gasteiger partial charge on any atom is 0.254 e. The summed E-state index contributed by atoms with van der Waals surface area (Å²) >= 11 is 0. The number of para-hydroxylation sites is 1. The number of nitrogens with two attached hydrogens (primary N) is 1. The molecule has 0 saturated carbocycles. The molecule has 1 aliphatic rings. The van der Waals surface area contributed by atoms with Gasteiger partial charge in [0.25, 0.3) is 5.91 Å². The number of fused-ring (bicyclic) bond motifs is 1. The van der Waals surface area contributed by atoms with Crippen molar-refractivity contribution < 1.29 is 4.79 Å². The Morgan fingerprint density at radius 1 is 1.11 bits per heavy atom. The molecule has 2 heterocycles. The third-order valence-corrected chi connectivity index (χ3v) is 5.53. The number of piperidine rings is 1. The minimum Gasteiger partial charge on any atom is -0.339 e. The quantitative estimate of drug-likeness (QED) is 0.768. The van der Waals surface area contributed by atoms with E-state index >= 15 is 0 Å². The summed E-state index contributed by atoms with van der Waals surface area (Å²) in [5.74, 6) is 0.629. The molecule has 1 aliphatic heterocycles. The van der Waals surface area contributed by atoms with Crippen LogP contribution in [0, 0.1) is 12.8 Å². The average molecular weight is 359 g/mol. The molecule has 1 fully saturated rings. The molecule has 0 spiro atoms. The summed E-state index contributed by atoms with van der Waals surface area (Å²) in [6.07, 6.45) is 1.96. The number of rotatable bonds is 3. The lowest BCUT2D eigenvalue weighted by molar-refractivity contribution is 0.0695. The van der Waals surface area contributed by atoms with Gasteiger partial charge in [-0.05, 0) is 44.4 Å². The largest absolute Gasteiger partial charge is 0.339 e. The highest BCUT2D eigenvalue weighted by Gasteiger charge is 2.24. The minimum atomic E-state index is 0.0948. The van der Waals surface area contributed by atoms with Gasteiger partial charge in [0.2, 0.25) is 0 Å². The van der Waals surface area contributed by atoms with E-state index in [1.807, 2.05) is 35.2 Å². The molecule has 0 atom stereocenters. The maximum atomic E-state index is 13.3. The summed E-state index contributed by atoms with van der Waals surface area (Å²) < 4.78 is 0. The van der Waals surface area contributed by atoms with Crippen molar-refractivity contribution in [1.82, 2.24) is 9.88 Å². The van der Waals surface area contributed by atoms with E-state index in [0.717, 1.165) is 53.7 Å². The zero-order valence-corrected chi connectivity index (χ0v) is 15.7. The van der Waals surface area contributed by atoms with E-state index in [0.29, 0.717) is 12.5 Å². The van der Waals surface area contributed by atoms with Gasteiger partial charge in [-0.15, -0.1) is 0 Å². The first-order valence-electron chi connectivity index (χ1n) is 9.62. The Kier molecular flexibility index (Phi) is 4.90. The topological polar surface area (TPSA) is 59.2 Å². The number of aryl methyl sites for hydroxylation is 1. The average Bonchev–Trinajstić information content (AvgIpc) is 2.73. The number of hydrogen-bond acceptors (Lipinski definition) is 3. The summed E-state index contributed by atoms with van der Waals surface area (Å²) in [5, 5.41) is 0.916. The van der Waals surface area contributed by atoms with Crippen LogP contribution in [0.3, 0.4) is 0 Å². The molecule has 0 bridgehead atoms. The third kappa shape index (κ3) is 3.58. The highest BCUT2D eigenvalue weighted by Crippen LogP contribution is 2.27. The monoisotopic (exact) mass is 359 g/mol. The first-order chi connectivity index (χ1) is 13.2. The Bertz CT molecular complexity index is 957. The summed E-state index contributed by atoms with van der Waals surface area (Å²) in [6, 6.07) is 18.1. The zero-order chi connectivity index (χ0) is 18.8. The fourth-order valence-electron chi connectivity index (χ4n) is 3.77. The van der Waals surface area contributed by atoms with Gasteiger partial charge in [-0.1, -0.05) is 48.0 Å².